The molecule has 3 aromatic carbocycles. The minimum absolute atomic E-state index is 0. The average molecular weight is 717 g/mol. The molecular weight excluding hydrogens is 667 g/mol. The van der Waals surface area contributed by atoms with Crippen LogP contribution >= 0.6 is 24.8 Å². The van der Waals surface area contributed by atoms with Crippen LogP contribution in [0.1, 0.15) is 95.2 Å². The van der Waals surface area contributed by atoms with E-state index in [0.717, 1.165) is 12.8 Å². The molecule has 3 aromatic rings. The summed E-state index contributed by atoms with van der Waals surface area (Å²) >= 11 is -4.15. The molecule has 0 fully saturated rings. The van der Waals surface area contributed by atoms with Crippen LogP contribution in [0.4, 0.5) is 0 Å². The number of rotatable bonds is 3. The summed E-state index contributed by atoms with van der Waals surface area (Å²) in [6.07, 6.45) is 12.2. The standard InChI is InChI=1S/C27H29.C7H9.C6H5.CH3.CH2.2ClH.Zr/c1-16-7-9-26(3,4)24-12-18-11-19-13-25-21(17(2)8-10-27(25,5)6)15-23(19)22(18)14-20(16)24;1-6-3-4-7(2)5-6;1-2-4-6-5-3-1;;;;;/h7-9,12-15H,10-11H2,1-6H3;3,5,7H,1-2H3;1-5H;1H3;1H2;2*1H;. The van der Waals surface area contributed by atoms with Crippen molar-refractivity contribution < 1.29 is 18.3 Å². The zero-order valence-corrected chi connectivity index (χ0v) is 32.7. The molecule has 2 unspecified atom stereocenters. The van der Waals surface area contributed by atoms with E-state index in [1.807, 2.05) is 0 Å². The van der Waals surface area contributed by atoms with Gasteiger partial charge in [-0.05, 0) is 0 Å². The van der Waals surface area contributed by atoms with E-state index in [4.69, 9.17) is 4.21 Å². The van der Waals surface area contributed by atoms with Crippen molar-refractivity contribution in [1.29, 1.82) is 0 Å². The van der Waals surface area contributed by atoms with Gasteiger partial charge in [0.15, 0.2) is 0 Å². The van der Waals surface area contributed by atoms with E-state index in [1.165, 1.54) is 64.5 Å². The van der Waals surface area contributed by atoms with Gasteiger partial charge in [-0.15, -0.1) is 24.8 Å². The third-order valence-electron chi connectivity index (χ3n) is 12.2. The Hall–Kier alpha value is -2.05. The van der Waals surface area contributed by atoms with Crippen LogP contribution in [0.5, 0.6) is 0 Å². The Kier molecular flexibility index (Phi) is 8.39. The molecule has 0 spiro atoms. The summed E-state index contributed by atoms with van der Waals surface area (Å²) < 4.78 is 11.6. The molecule has 45 heavy (non-hydrogen) atoms. The van der Waals surface area contributed by atoms with E-state index in [9.17, 15) is 0 Å². The van der Waals surface area contributed by atoms with Gasteiger partial charge in [0.1, 0.15) is 0 Å². The van der Waals surface area contributed by atoms with E-state index in [0.29, 0.717) is 9.54 Å². The second-order valence-electron chi connectivity index (χ2n) is 16.1. The zero-order chi connectivity index (χ0) is 30.7. The van der Waals surface area contributed by atoms with E-state index in [1.54, 1.807) is 3.28 Å². The van der Waals surface area contributed by atoms with Gasteiger partial charge >= 0.3 is 262 Å². The van der Waals surface area contributed by atoms with Crippen molar-refractivity contribution in [2.75, 3.05) is 0 Å². The molecule has 0 saturated carbocycles. The molecular formula is C42H50Cl2Zr. The number of halogens is 2. The Morgan fingerprint density at radius 3 is 1.91 bits per heavy atom. The first-order chi connectivity index (χ1) is 20.1. The second-order valence-corrected chi connectivity index (χ2v) is 30.8. The monoisotopic (exact) mass is 714 g/mol. The zero-order valence-electron chi connectivity index (χ0n) is 28.6. The van der Waals surface area contributed by atoms with Gasteiger partial charge in [0.2, 0.25) is 0 Å². The quantitative estimate of drug-likeness (QED) is 0.198. The molecule has 0 radical (unpaired) electrons. The molecule has 236 valence electrons. The number of allylic oxidation sites excluding steroid dienone is 8. The van der Waals surface area contributed by atoms with Crippen molar-refractivity contribution in [2.24, 2.45) is 5.92 Å². The van der Waals surface area contributed by atoms with Crippen LogP contribution in [0.2, 0.25) is 8.26 Å². The fourth-order valence-corrected chi connectivity index (χ4v) is 26.9. The topological polar surface area (TPSA) is 0 Å². The molecule has 4 aliphatic rings. The Balaban J connectivity index is 0.00000200. The van der Waals surface area contributed by atoms with Crippen LogP contribution in [0.3, 0.4) is 0 Å². The van der Waals surface area contributed by atoms with Gasteiger partial charge in [-0.1, -0.05) is 0 Å². The van der Waals surface area contributed by atoms with Crippen LogP contribution in [-0.4, -0.2) is 4.21 Å². The first kappa shape index (κ1) is 34.3. The van der Waals surface area contributed by atoms with Crippen molar-refractivity contribution in [2.45, 2.75) is 87.3 Å². The molecule has 0 aliphatic heterocycles. The van der Waals surface area contributed by atoms with Crippen molar-refractivity contribution in [3.63, 3.8) is 0 Å². The normalized spacial score (nSPS) is 22.3. The number of benzene rings is 3. The first-order valence-corrected chi connectivity index (χ1v) is 24.4. The van der Waals surface area contributed by atoms with Gasteiger partial charge in [0.05, 0.1) is 0 Å². The molecule has 7 rings (SSSR count). The molecule has 0 amide bonds. The summed E-state index contributed by atoms with van der Waals surface area (Å²) in [7, 11) is 0. The van der Waals surface area contributed by atoms with E-state index < -0.39 is 18.3 Å². The molecule has 2 atom stereocenters. The van der Waals surface area contributed by atoms with Crippen LogP contribution < -0.4 is 3.27 Å². The van der Waals surface area contributed by atoms with Gasteiger partial charge in [0, 0.05) is 0 Å². The molecule has 0 aromatic heterocycles. The molecule has 3 heteroatoms. The van der Waals surface area contributed by atoms with Gasteiger partial charge in [-0.3, -0.25) is 0 Å². The van der Waals surface area contributed by atoms with E-state index in [2.05, 4.69) is 139 Å². The van der Waals surface area contributed by atoms with Gasteiger partial charge in [-0.2, -0.15) is 0 Å². The predicted octanol–water partition coefficient (Wildman–Crippen LogP) is 11.6. The van der Waals surface area contributed by atoms with Crippen LogP contribution in [0, 0.1) is 5.92 Å². The fraction of sp³-hybridized carbons (Fsp3) is 0.357. The number of hydrogen-bond donors (Lipinski definition) is 0. The molecule has 0 N–H and O–H groups in total. The molecule has 0 saturated heterocycles. The molecule has 4 aliphatic carbocycles. The second kappa shape index (κ2) is 11.0. The van der Waals surface area contributed by atoms with Crippen molar-refractivity contribution in [3.8, 4) is 11.1 Å². The van der Waals surface area contributed by atoms with Crippen molar-refractivity contribution >= 4 is 43.4 Å². The predicted molar refractivity (Wildman–Crippen MR) is 201 cm³/mol. The molecule has 0 nitrogen and oxygen atoms in total. The van der Waals surface area contributed by atoms with Crippen LogP contribution in [0.15, 0.2) is 87.8 Å². The summed E-state index contributed by atoms with van der Waals surface area (Å²) in [5.41, 5.74) is 16.2. The third-order valence-corrected chi connectivity index (χ3v) is 28.7. The summed E-state index contributed by atoms with van der Waals surface area (Å²) in [6.45, 7) is 19.2. The molecule has 0 bridgehead atoms. The Labute approximate surface area is 285 Å². The Morgan fingerprint density at radius 1 is 0.756 bits per heavy atom. The fourth-order valence-electron chi connectivity index (χ4n) is 9.75. The minimum atomic E-state index is -4.15. The van der Waals surface area contributed by atoms with Crippen molar-refractivity contribution in [3.05, 3.63) is 121 Å². The third kappa shape index (κ3) is 4.81. The van der Waals surface area contributed by atoms with Crippen LogP contribution in [-0.2, 0) is 35.5 Å². The molecule has 0 heterocycles. The number of fused-ring (bicyclic) bond motifs is 5. The van der Waals surface area contributed by atoms with E-state index >= 15 is 0 Å². The number of hydrogen-bond acceptors (Lipinski definition) is 0. The van der Waals surface area contributed by atoms with Crippen molar-refractivity contribution in [1.82, 2.24) is 0 Å². The Morgan fingerprint density at radius 2 is 1.33 bits per heavy atom. The summed E-state index contributed by atoms with van der Waals surface area (Å²) in [5, 5.41) is 0. The summed E-state index contributed by atoms with van der Waals surface area (Å²) in [6, 6.07) is 21.7. The summed E-state index contributed by atoms with van der Waals surface area (Å²) in [5.74, 6) is 0.432. The Bertz CT molecular complexity index is 1930. The van der Waals surface area contributed by atoms with Crippen LogP contribution in [0.25, 0.3) is 22.3 Å². The first-order valence-electron chi connectivity index (χ1n) is 16.3. The maximum atomic E-state index is 5.49. The van der Waals surface area contributed by atoms with Gasteiger partial charge < -0.3 is 0 Å². The van der Waals surface area contributed by atoms with Gasteiger partial charge in [0.25, 0.3) is 0 Å². The average Bonchev–Trinajstić information content (AvgIpc) is 3.50. The van der Waals surface area contributed by atoms with E-state index in [-0.39, 0.29) is 35.6 Å². The van der Waals surface area contributed by atoms with Gasteiger partial charge in [-0.25, -0.2) is 0 Å². The summed E-state index contributed by atoms with van der Waals surface area (Å²) in [4.78, 5) is 0. The maximum absolute atomic E-state index is 5.49. The SMILES string of the molecule is Cl.Cl.[CH2]=[Zr]([CH3])([C]1=CC(C)=CC1C)([c]1ccccc1)[CH]1C=C(C)c2cc3c(cc2C1(C)C)Cc1cc2c(cc1-3)C(C)=CCC2(C)C.